The number of hydrogen-bond donors (Lipinski definition) is 2. The summed E-state index contributed by atoms with van der Waals surface area (Å²) in [7, 11) is 0. The van der Waals surface area contributed by atoms with E-state index in [-0.39, 0.29) is 30.9 Å². The third-order valence-electron chi connectivity index (χ3n) is 3.81. The molecule has 1 aliphatic rings. The van der Waals surface area contributed by atoms with Crippen LogP contribution in [0.25, 0.3) is 11.3 Å². The topological polar surface area (TPSA) is 76.4 Å². The zero-order valence-corrected chi connectivity index (χ0v) is 15.5. The molecule has 1 aromatic heterocycles. The second-order valence-corrected chi connectivity index (χ2v) is 6.17. The summed E-state index contributed by atoms with van der Waals surface area (Å²) in [4.78, 5) is 16.4. The summed E-state index contributed by atoms with van der Waals surface area (Å²) >= 11 is 5.90. The maximum atomic E-state index is 12.0. The molecule has 0 aliphatic carbocycles. The Morgan fingerprint density at radius 1 is 1.40 bits per heavy atom. The van der Waals surface area contributed by atoms with Crippen LogP contribution in [0.2, 0.25) is 5.02 Å². The highest BCUT2D eigenvalue weighted by atomic mass is 35.5. The van der Waals surface area contributed by atoms with Crippen molar-refractivity contribution in [1.29, 1.82) is 0 Å². The van der Waals surface area contributed by atoms with Crippen LogP contribution < -0.4 is 10.6 Å². The first-order valence-corrected chi connectivity index (χ1v) is 8.29. The molecule has 2 heterocycles. The van der Waals surface area contributed by atoms with Gasteiger partial charge in [0.25, 0.3) is 0 Å². The number of nitrogens with zero attached hydrogens (tertiary/aromatic N) is 1. The monoisotopic (exact) mass is 385 g/mol. The lowest BCUT2D eigenvalue weighted by atomic mass is 10.1. The Bertz CT molecular complexity index is 698. The summed E-state index contributed by atoms with van der Waals surface area (Å²) < 4.78 is 11.1. The van der Waals surface area contributed by atoms with E-state index in [4.69, 9.17) is 20.8 Å². The van der Waals surface area contributed by atoms with Gasteiger partial charge in [0.15, 0.2) is 5.76 Å². The Morgan fingerprint density at radius 3 is 2.84 bits per heavy atom. The van der Waals surface area contributed by atoms with Crippen LogP contribution in [-0.4, -0.2) is 36.7 Å². The number of amides is 1. The molecule has 0 spiro atoms. The van der Waals surface area contributed by atoms with Crippen molar-refractivity contribution in [1.82, 2.24) is 15.6 Å². The molecule has 1 fully saturated rings. The average Bonchev–Trinajstić information content (AvgIpc) is 2.95. The van der Waals surface area contributed by atoms with E-state index in [1.54, 1.807) is 12.1 Å². The molecule has 1 unspecified atom stereocenters. The van der Waals surface area contributed by atoms with Crippen LogP contribution in [0.3, 0.4) is 0 Å². The first kappa shape index (κ1) is 19.7. The molecule has 2 N–H and O–H groups in total. The minimum absolute atomic E-state index is 0. The maximum Gasteiger partial charge on any atom is 0.222 e. The Kier molecular flexibility index (Phi) is 7.25. The Hall–Kier alpha value is -1.60. The number of aromatic nitrogens is 1. The lowest BCUT2D eigenvalue weighted by Crippen LogP contribution is -2.44. The second kappa shape index (κ2) is 9.20. The third-order valence-corrected chi connectivity index (χ3v) is 4.07. The second-order valence-electron chi connectivity index (χ2n) is 5.74. The quantitative estimate of drug-likeness (QED) is 0.827. The molecule has 0 radical (unpaired) electrons. The van der Waals surface area contributed by atoms with E-state index in [9.17, 15) is 4.79 Å². The number of halogens is 2. The molecule has 136 valence electrons. The summed E-state index contributed by atoms with van der Waals surface area (Å²) in [5, 5.41) is 6.76. The molecule has 25 heavy (non-hydrogen) atoms. The first-order valence-electron chi connectivity index (χ1n) is 7.92. The minimum Gasteiger partial charge on any atom is -0.438 e. The summed E-state index contributed by atoms with van der Waals surface area (Å²) in [5.74, 6) is 1.12. The predicted octanol–water partition coefficient (Wildman–Crippen LogP) is 2.72. The molecular formula is C17H21Cl2N3O3. The van der Waals surface area contributed by atoms with Crippen molar-refractivity contribution in [2.75, 3.05) is 19.8 Å². The number of rotatable bonds is 5. The fraction of sp³-hybridized carbons (Fsp3) is 0.412. The summed E-state index contributed by atoms with van der Waals surface area (Å²) in [6, 6.07) is 7.44. The van der Waals surface area contributed by atoms with Crippen molar-refractivity contribution in [2.45, 2.75) is 25.9 Å². The van der Waals surface area contributed by atoms with Crippen LogP contribution in [0, 0.1) is 6.92 Å². The maximum absolute atomic E-state index is 12.0. The van der Waals surface area contributed by atoms with E-state index < -0.39 is 0 Å². The molecule has 0 bridgehead atoms. The van der Waals surface area contributed by atoms with Crippen molar-refractivity contribution in [3.05, 3.63) is 40.9 Å². The van der Waals surface area contributed by atoms with Crippen LogP contribution in [0.1, 0.15) is 18.0 Å². The molecule has 1 saturated heterocycles. The van der Waals surface area contributed by atoms with Crippen molar-refractivity contribution in [2.24, 2.45) is 0 Å². The van der Waals surface area contributed by atoms with Gasteiger partial charge in [-0.3, -0.25) is 4.79 Å². The van der Waals surface area contributed by atoms with Gasteiger partial charge in [0.05, 0.1) is 25.5 Å². The normalized spacial score (nSPS) is 17.0. The number of nitrogens with one attached hydrogen (secondary N) is 2. The van der Waals surface area contributed by atoms with Crippen molar-refractivity contribution in [3.63, 3.8) is 0 Å². The van der Waals surface area contributed by atoms with E-state index in [0.29, 0.717) is 36.3 Å². The predicted molar refractivity (Wildman–Crippen MR) is 98.0 cm³/mol. The molecule has 1 aliphatic heterocycles. The number of aryl methyl sites for hydroxylation is 1. The summed E-state index contributed by atoms with van der Waals surface area (Å²) in [5.41, 5.74) is 1.69. The van der Waals surface area contributed by atoms with Crippen LogP contribution in [0.5, 0.6) is 0 Å². The number of carbonyl (C=O) groups is 1. The molecule has 1 atom stereocenters. The molecular weight excluding hydrogens is 365 g/mol. The molecule has 1 aromatic carbocycles. The lowest BCUT2D eigenvalue weighted by Gasteiger charge is -2.23. The molecule has 3 rings (SSSR count). The molecule has 6 nitrogen and oxygen atoms in total. The van der Waals surface area contributed by atoms with Gasteiger partial charge in [0.2, 0.25) is 11.8 Å². The molecule has 8 heteroatoms. The fourth-order valence-corrected chi connectivity index (χ4v) is 2.74. The van der Waals surface area contributed by atoms with Crippen LogP contribution in [-0.2, 0) is 16.1 Å². The largest absolute Gasteiger partial charge is 0.438 e. The van der Waals surface area contributed by atoms with Gasteiger partial charge in [-0.2, -0.15) is 0 Å². The van der Waals surface area contributed by atoms with E-state index >= 15 is 0 Å². The van der Waals surface area contributed by atoms with Gasteiger partial charge < -0.3 is 19.8 Å². The lowest BCUT2D eigenvalue weighted by molar-refractivity contribution is -0.122. The minimum atomic E-state index is -0.0538. The highest BCUT2D eigenvalue weighted by Crippen LogP contribution is 2.25. The van der Waals surface area contributed by atoms with Crippen molar-refractivity contribution in [3.8, 4) is 11.3 Å². The van der Waals surface area contributed by atoms with Crippen LogP contribution >= 0.6 is 24.0 Å². The molecule has 1 amide bonds. The molecule has 0 saturated carbocycles. The zero-order chi connectivity index (χ0) is 16.9. The molecule has 2 aromatic rings. The Balaban J connectivity index is 0.00000225. The average molecular weight is 386 g/mol. The highest BCUT2D eigenvalue weighted by molar-refractivity contribution is 6.30. The number of benzene rings is 1. The third kappa shape index (κ3) is 5.44. The fourth-order valence-electron chi connectivity index (χ4n) is 2.62. The van der Waals surface area contributed by atoms with Gasteiger partial charge in [-0.15, -0.1) is 12.4 Å². The van der Waals surface area contributed by atoms with Gasteiger partial charge >= 0.3 is 0 Å². The van der Waals surface area contributed by atoms with Gasteiger partial charge in [-0.25, -0.2) is 4.98 Å². The van der Waals surface area contributed by atoms with Crippen LogP contribution in [0.4, 0.5) is 0 Å². The van der Waals surface area contributed by atoms with E-state index in [0.717, 1.165) is 17.8 Å². The first-order chi connectivity index (χ1) is 11.6. The van der Waals surface area contributed by atoms with E-state index in [2.05, 4.69) is 15.6 Å². The smallest absolute Gasteiger partial charge is 0.222 e. The van der Waals surface area contributed by atoms with E-state index in [1.165, 1.54) is 0 Å². The summed E-state index contributed by atoms with van der Waals surface area (Å²) in [6.45, 7) is 4.18. The summed E-state index contributed by atoms with van der Waals surface area (Å²) in [6.07, 6.45) is 0.379. The highest BCUT2D eigenvalue weighted by Gasteiger charge is 2.17. The van der Waals surface area contributed by atoms with Gasteiger partial charge in [-0.1, -0.05) is 11.6 Å². The SMILES string of the molecule is Cc1nc(CNC(=O)CC2COCCN2)oc1-c1ccc(Cl)cc1.Cl. The van der Waals surface area contributed by atoms with Crippen LogP contribution in [0.15, 0.2) is 28.7 Å². The number of hydrogen-bond acceptors (Lipinski definition) is 5. The van der Waals surface area contributed by atoms with Crippen molar-refractivity contribution >= 4 is 29.9 Å². The zero-order valence-electron chi connectivity index (χ0n) is 13.9. The number of carbonyl (C=O) groups excluding carboxylic acids is 1. The number of ether oxygens (including phenoxy) is 1. The van der Waals surface area contributed by atoms with Gasteiger partial charge in [-0.05, 0) is 31.2 Å². The van der Waals surface area contributed by atoms with Gasteiger partial charge in [0, 0.05) is 29.6 Å². The van der Waals surface area contributed by atoms with E-state index in [1.807, 2.05) is 19.1 Å². The Labute approximate surface area is 157 Å². The van der Waals surface area contributed by atoms with Gasteiger partial charge in [0.1, 0.15) is 0 Å². The number of morpholine rings is 1. The number of oxazole rings is 1. The standard InChI is InChI=1S/C17H20ClN3O3.ClH/c1-11-17(12-2-4-13(18)5-3-12)24-16(21-11)9-20-15(22)8-14-10-23-7-6-19-14;/h2-5,14,19H,6-10H2,1H3,(H,20,22);1H. The van der Waals surface area contributed by atoms with Crippen molar-refractivity contribution < 1.29 is 13.9 Å². The Morgan fingerprint density at radius 2 is 2.16 bits per heavy atom.